The molecule has 2 aliphatic heterocycles. The van der Waals surface area contributed by atoms with Gasteiger partial charge in [0, 0.05) is 18.0 Å². The first-order valence-corrected chi connectivity index (χ1v) is 10.7. The molecule has 2 fully saturated rings. The van der Waals surface area contributed by atoms with E-state index in [-0.39, 0.29) is 0 Å². The molecule has 2 aromatic rings. The quantitative estimate of drug-likeness (QED) is 0.763. The Bertz CT molecular complexity index is 665. The minimum Gasteiger partial charge on any atom is -0.497 e. The maximum Gasteiger partial charge on any atom is 0.118 e. The van der Waals surface area contributed by atoms with Gasteiger partial charge in [-0.25, -0.2) is 0 Å². The molecule has 0 radical (unpaired) electrons. The van der Waals surface area contributed by atoms with Gasteiger partial charge in [-0.2, -0.15) is 0 Å². The number of rotatable bonds is 5. The zero-order chi connectivity index (χ0) is 17.8. The molecule has 0 aliphatic carbocycles. The summed E-state index contributed by atoms with van der Waals surface area (Å²) in [5.74, 6) is 0.945. The fourth-order valence-electron chi connectivity index (χ4n) is 4.48. The first kappa shape index (κ1) is 18.0. The van der Waals surface area contributed by atoms with Gasteiger partial charge in [0.1, 0.15) is 5.75 Å². The first-order chi connectivity index (χ1) is 12.7. The molecule has 4 heteroatoms. The standard InChI is InChI=1S/C22H30N2OS/c1-25-20-6-4-19(5-7-20)17-23-12-8-22(9-13-23)10-14-24(15-11-22)18-21-3-2-16-26-21/h2-7,16H,8-15,17-18H2,1H3. The van der Waals surface area contributed by atoms with E-state index in [0.29, 0.717) is 5.41 Å². The van der Waals surface area contributed by atoms with Crippen molar-refractivity contribution in [3.8, 4) is 5.75 Å². The van der Waals surface area contributed by atoms with E-state index in [0.717, 1.165) is 18.8 Å². The van der Waals surface area contributed by atoms with Crippen molar-refractivity contribution in [1.82, 2.24) is 9.80 Å². The Morgan fingerprint density at radius 1 is 0.885 bits per heavy atom. The molecule has 4 rings (SSSR count). The first-order valence-electron chi connectivity index (χ1n) is 9.85. The van der Waals surface area contributed by atoms with Crippen LogP contribution in [0.4, 0.5) is 0 Å². The number of hydrogen-bond donors (Lipinski definition) is 0. The zero-order valence-electron chi connectivity index (χ0n) is 15.8. The number of nitrogens with zero attached hydrogens (tertiary/aromatic N) is 2. The van der Waals surface area contributed by atoms with Crippen LogP contribution in [0.5, 0.6) is 5.75 Å². The second-order valence-corrected chi connectivity index (χ2v) is 9.01. The van der Waals surface area contributed by atoms with Gasteiger partial charge in [-0.1, -0.05) is 18.2 Å². The Morgan fingerprint density at radius 2 is 1.50 bits per heavy atom. The number of likely N-dealkylation sites (tertiary alicyclic amines) is 2. The molecule has 140 valence electrons. The third-order valence-corrected chi connectivity index (χ3v) is 7.22. The molecule has 2 saturated heterocycles. The lowest BCUT2D eigenvalue weighted by molar-refractivity contribution is 0.0303. The number of benzene rings is 1. The van der Waals surface area contributed by atoms with Crippen molar-refractivity contribution in [2.45, 2.75) is 38.8 Å². The lowest BCUT2D eigenvalue weighted by atomic mass is 9.71. The fraction of sp³-hybridized carbons (Fsp3) is 0.545. The van der Waals surface area contributed by atoms with Crippen molar-refractivity contribution >= 4 is 11.3 Å². The van der Waals surface area contributed by atoms with Crippen molar-refractivity contribution < 1.29 is 4.74 Å². The number of piperidine rings is 2. The average molecular weight is 371 g/mol. The molecule has 3 heterocycles. The van der Waals surface area contributed by atoms with E-state index in [1.54, 1.807) is 7.11 Å². The van der Waals surface area contributed by atoms with Gasteiger partial charge >= 0.3 is 0 Å². The highest BCUT2D eigenvalue weighted by Gasteiger charge is 2.37. The Hall–Kier alpha value is -1.36. The largest absolute Gasteiger partial charge is 0.497 e. The Kier molecular flexibility index (Phi) is 5.63. The summed E-state index contributed by atoms with van der Waals surface area (Å²) < 4.78 is 5.26. The molecule has 1 spiro atoms. The van der Waals surface area contributed by atoms with E-state index in [1.165, 1.54) is 62.3 Å². The van der Waals surface area contributed by atoms with Crippen LogP contribution in [0.25, 0.3) is 0 Å². The van der Waals surface area contributed by atoms with Crippen molar-refractivity contribution in [3.05, 3.63) is 52.2 Å². The second-order valence-electron chi connectivity index (χ2n) is 7.98. The van der Waals surface area contributed by atoms with Crippen LogP contribution in [0.3, 0.4) is 0 Å². The molecule has 3 nitrogen and oxygen atoms in total. The van der Waals surface area contributed by atoms with E-state index in [1.807, 2.05) is 11.3 Å². The molecule has 0 unspecified atom stereocenters. The predicted molar refractivity (Wildman–Crippen MR) is 109 cm³/mol. The van der Waals surface area contributed by atoms with Crippen LogP contribution in [0.2, 0.25) is 0 Å². The third kappa shape index (κ3) is 4.30. The third-order valence-electron chi connectivity index (χ3n) is 6.36. The van der Waals surface area contributed by atoms with E-state index in [2.05, 4.69) is 51.6 Å². The maximum absolute atomic E-state index is 5.26. The maximum atomic E-state index is 5.26. The summed E-state index contributed by atoms with van der Waals surface area (Å²) in [5.41, 5.74) is 2.01. The number of ether oxygens (including phenoxy) is 1. The monoisotopic (exact) mass is 370 g/mol. The highest BCUT2D eigenvalue weighted by Crippen LogP contribution is 2.41. The lowest BCUT2D eigenvalue weighted by Crippen LogP contribution is -2.46. The zero-order valence-corrected chi connectivity index (χ0v) is 16.6. The normalized spacial score (nSPS) is 21.1. The van der Waals surface area contributed by atoms with Crippen LogP contribution in [0.15, 0.2) is 41.8 Å². The molecule has 26 heavy (non-hydrogen) atoms. The van der Waals surface area contributed by atoms with E-state index in [9.17, 15) is 0 Å². The van der Waals surface area contributed by atoms with Gasteiger partial charge in [0.05, 0.1) is 7.11 Å². The molecule has 0 bridgehead atoms. The summed E-state index contributed by atoms with van der Waals surface area (Å²) in [5, 5.41) is 2.19. The predicted octanol–water partition coefficient (Wildman–Crippen LogP) is 4.63. The molecular formula is C22H30N2OS. The van der Waals surface area contributed by atoms with Gasteiger partial charge in [-0.3, -0.25) is 9.80 Å². The van der Waals surface area contributed by atoms with Gasteiger partial charge in [0.25, 0.3) is 0 Å². The van der Waals surface area contributed by atoms with Crippen LogP contribution in [-0.4, -0.2) is 43.1 Å². The summed E-state index contributed by atoms with van der Waals surface area (Å²) in [7, 11) is 1.73. The van der Waals surface area contributed by atoms with Gasteiger partial charge in [0.2, 0.25) is 0 Å². The minimum absolute atomic E-state index is 0.613. The van der Waals surface area contributed by atoms with Gasteiger partial charge in [-0.05, 0) is 86.4 Å². The smallest absolute Gasteiger partial charge is 0.118 e. The van der Waals surface area contributed by atoms with Gasteiger partial charge < -0.3 is 4.74 Å². The van der Waals surface area contributed by atoms with Gasteiger partial charge in [-0.15, -0.1) is 11.3 Å². The molecule has 0 N–H and O–H groups in total. The summed E-state index contributed by atoms with van der Waals surface area (Å²) in [6, 6.07) is 13.0. The number of thiophene rings is 1. The molecular weight excluding hydrogens is 340 g/mol. The molecule has 0 amide bonds. The van der Waals surface area contributed by atoms with Crippen LogP contribution >= 0.6 is 11.3 Å². The summed E-state index contributed by atoms with van der Waals surface area (Å²) in [6.07, 6.45) is 5.51. The van der Waals surface area contributed by atoms with Gasteiger partial charge in [0.15, 0.2) is 0 Å². The van der Waals surface area contributed by atoms with Crippen molar-refractivity contribution in [1.29, 1.82) is 0 Å². The number of methoxy groups -OCH3 is 1. The second kappa shape index (κ2) is 8.12. The molecule has 0 atom stereocenters. The Labute approximate surface area is 161 Å². The van der Waals surface area contributed by atoms with Crippen LogP contribution in [0.1, 0.15) is 36.1 Å². The van der Waals surface area contributed by atoms with Crippen LogP contribution in [-0.2, 0) is 13.1 Å². The Balaban J connectivity index is 1.24. The molecule has 1 aromatic heterocycles. The topological polar surface area (TPSA) is 15.7 Å². The summed E-state index contributed by atoms with van der Waals surface area (Å²) >= 11 is 1.89. The molecule has 2 aliphatic rings. The van der Waals surface area contributed by atoms with Crippen molar-refractivity contribution in [3.63, 3.8) is 0 Å². The minimum atomic E-state index is 0.613. The summed E-state index contributed by atoms with van der Waals surface area (Å²) in [4.78, 5) is 6.79. The van der Waals surface area contributed by atoms with Crippen LogP contribution < -0.4 is 4.74 Å². The highest BCUT2D eigenvalue weighted by molar-refractivity contribution is 7.09. The van der Waals surface area contributed by atoms with Crippen molar-refractivity contribution in [2.75, 3.05) is 33.3 Å². The van der Waals surface area contributed by atoms with E-state index >= 15 is 0 Å². The highest BCUT2D eigenvalue weighted by atomic mass is 32.1. The summed E-state index contributed by atoms with van der Waals surface area (Å²) in [6.45, 7) is 7.27. The molecule has 0 saturated carbocycles. The Morgan fingerprint density at radius 3 is 2.04 bits per heavy atom. The average Bonchev–Trinajstić information content (AvgIpc) is 3.20. The van der Waals surface area contributed by atoms with E-state index in [4.69, 9.17) is 4.74 Å². The van der Waals surface area contributed by atoms with E-state index < -0.39 is 0 Å². The fourth-order valence-corrected chi connectivity index (χ4v) is 5.23. The number of hydrogen-bond acceptors (Lipinski definition) is 4. The lowest BCUT2D eigenvalue weighted by Gasteiger charge is -2.47. The SMILES string of the molecule is COc1ccc(CN2CCC3(CC2)CCN(Cc2cccs2)CC3)cc1. The molecule has 1 aromatic carbocycles. The van der Waals surface area contributed by atoms with Crippen molar-refractivity contribution in [2.24, 2.45) is 5.41 Å². The van der Waals surface area contributed by atoms with Crippen LogP contribution in [0, 0.1) is 5.41 Å².